The Labute approximate surface area is 171 Å². The molecule has 0 aliphatic rings. The number of hydrogen-bond donors (Lipinski definition) is 2. The number of carbonyl (C=O) groups excluding carboxylic acids is 1. The van der Waals surface area contributed by atoms with Crippen molar-refractivity contribution >= 4 is 21.8 Å². The molecule has 1 amide bonds. The lowest BCUT2D eigenvalue weighted by atomic mass is 10.1. The van der Waals surface area contributed by atoms with Gasteiger partial charge in [-0.15, -0.1) is 5.10 Å². The molecular formula is C20H21BrN4O3. The number of halogens is 1. The average molecular weight is 445 g/mol. The number of hydrogen-bond acceptors (Lipinski definition) is 5. The van der Waals surface area contributed by atoms with Crippen LogP contribution in [0.15, 0.2) is 53.1 Å². The summed E-state index contributed by atoms with van der Waals surface area (Å²) in [5.74, 6) is 0.763. The van der Waals surface area contributed by atoms with E-state index in [9.17, 15) is 9.90 Å². The highest BCUT2D eigenvalue weighted by Gasteiger charge is 2.10. The fourth-order valence-corrected chi connectivity index (χ4v) is 3.28. The number of aryl methyl sites for hydroxylation is 2. The molecule has 2 N–H and O–H groups in total. The molecule has 0 spiro atoms. The Morgan fingerprint density at radius 2 is 1.93 bits per heavy atom. The molecule has 3 aromatic rings. The fraction of sp³-hybridized carbons (Fsp3) is 0.250. The largest absolute Gasteiger partial charge is 0.508 e. The molecule has 1 heterocycles. The number of phenolic OH excluding ortho intramolecular Hbond substituents is 1. The van der Waals surface area contributed by atoms with E-state index in [1.807, 2.05) is 30.3 Å². The molecule has 28 heavy (non-hydrogen) atoms. The summed E-state index contributed by atoms with van der Waals surface area (Å²) in [4.78, 5) is 12.2. The maximum atomic E-state index is 12.2. The SMILES string of the molecule is COc1ccc(CCn2cc(C(=O)NCCc3ccc(O)cc3)nn2)cc1Br. The van der Waals surface area contributed by atoms with Gasteiger partial charge in [0.2, 0.25) is 0 Å². The first-order valence-corrected chi connectivity index (χ1v) is 9.63. The van der Waals surface area contributed by atoms with E-state index in [1.165, 1.54) is 0 Å². The molecule has 2 aromatic carbocycles. The van der Waals surface area contributed by atoms with Crippen molar-refractivity contribution in [3.8, 4) is 11.5 Å². The number of phenols is 1. The van der Waals surface area contributed by atoms with Crippen LogP contribution in [0.2, 0.25) is 0 Å². The highest BCUT2D eigenvalue weighted by Crippen LogP contribution is 2.25. The minimum atomic E-state index is -0.253. The van der Waals surface area contributed by atoms with Crippen molar-refractivity contribution in [3.05, 3.63) is 70.0 Å². The maximum absolute atomic E-state index is 12.2. The van der Waals surface area contributed by atoms with E-state index >= 15 is 0 Å². The smallest absolute Gasteiger partial charge is 0.273 e. The summed E-state index contributed by atoms with van der Waals surface area (Å²) in [6.45, 7) is 1.10. The first kappa shape index (κ1) is 19.9. The van der Waals surface area contributed by atoms with Crippen molar-refractivity contribution in [3.63, 3.8) is 0 Å². The first-order chi connectivity index (χ1) is 13.5. The maximum Gasteiger partial charge on any atom is 0.273 e. The number of rotatable bonds is 8. The number of aromatic nitrogens is 3. The van der Waals surface area contributed by atoms with Gasteiger partial charge in [0.15, 0.2) is 5.69 Å². The molecule has 0 unspecified atom stereocenters. The predicted molar refractivity (Wildman–Crippen MR) is 109 cm³/mol. The summed E-state index contributed by atoms with van der Waals surface area (Å²) in [5, 5.41) is 20.1. The van der Waals surface area contributed by atoms with Crippen molar-refractivity contribution in [2.24, 2.45) is 0 Å². The summed E-state index contributed by atoms with van der Waals surface area (Å²) >= 11 is 3.48. The second-order valence-corrected chi connectivity index (χ2v) is 7.11. The third-order valence-electron chi connectivity index (χ3n) is 4.25. The monoisotopic (exact) mass is 444 g/mol. The minimum Gasteiger partial charge on any atom is -0.508 e. The van der Waals surface area contributed by atoms with Gasteiger partial charge in [0, 0.05) is 13.1 Å². The molecule has 0 saturated heterocycles. The lowest BCUT2D eigenvalue weighted by Crippen LogP contribution is -2.26. The van der Waals surface area contributed by atoms with Crippen molar-refractivity contribution in [2.75, 3.05) is 13.7 Å². The molecule has 0 aliphatic carbocycles. The lowest BCUT2D eigenvalue weighted by Gasteiger charge is -2.06. The van der Waals surface area contributed by atoms with E-state index in [0.29, 0.717) is 25.2 Å². The molecule has 1 aromatic heterocycles. The van der Waals surface area contributed by atoms with Crippen molar-refractivity contribution in [1.82, 2.24) is 20.3 Å². The summed E-state index contributed by atoms with van der Waals surface area (Å²) in [6.07, 6.45) is 3.08. The molecule has 8 heteroatoms. The van der Waals surface area contributed by atoms with Gasteiger partial charge < -0.3 is 15.2 Å². The van der Waals surface area contributed by atoms with E-state index in [0.717, 1.165) is 27.8 Å². The Bertz CT molecular complexity index is 941. The molecule has 7 nitrogen and oxygen atoms in total. The molecule has 0 radical (unpaired) electrons. The van der Waals surface area contributed by atoms with Gasteiger partial charge in [-0.3, -0.25) is 9.48 Å². The van der Waals surface area contributed by atoms with Gasteiger partial charge in [-0.05, 0) is 64.2 Å². The van der Waals surface area contributed by atoms with Crippen LogP contribution in [0.3, 0.4) is 0 Å². The molecule has 0 bridgehead atoms. The van der Waals surface area contributed by atoms with Crippen LogP contribution in [0.4, 0.5) is 0 Å². The Balaban J connectivity index is 1.48. The number of amides is 1. The zero-order valence-corrected chi connectivity index (χ0v) is 17.0. The Kier molecular flexibility index (Phi) is 6.65. The molecule has 0 fully saturated rings. The van der Waals surface area contributed by atoms with Crippen LogP contribution in [-0.2, 0) is 19.4 Å². The predicted octanol–water partition coefficient (Wildman–Crippen LogP) is 2.97. The number of nitrogens with zero attached hydrogens (tertiary/aromatic N) is 3. The van der Waals surface area contributed by atoms with E-state index in [4.69, 9.17) is 4.74 Å². The second-order valence-electron chi connectivity index (χ2n) is 6.26. The quantitative estimate of drug-likeness (QED) is 0.557. The van der Waals surface area contributed by atoms with Crippen LogP contribution in [0.5, 0.6) is 11.5 Å². The summed E-state index contributed by atoms with van der Waals surface area (Å²) in [6, 6.07) is 12.8. The highest BCUT2D eigenvalue weighted by molar-refractivity contribution is 9.10. The third kappa shape index (κ3) is 5.32. The van der Waals surface area contributed by atoms with E-state index < -0.39 is 0 Å². The van der Waals surface area contributed by atoms with Gasteiger partial charge >= 0.3 is 0 Å². The van der Waals surface area contributed by atoms with Crippen molar-refractivity contribution < 1.29 is 14.6 Å². The Morgan fingerprint density at radius 3 is 2.64 bits per heavy atom. The first-order valence-electron chi connectivity index (χ1n) is 8.84. The van der Waals surface area contributed by atoms with Gasteiger partial charge in [0.1, 0.15) is 11.5 Å². The molecule has 0 aliphatic heterocycles. The Morgan fingerprint density at radius 1 is 1.18 bits per heavy atom. The van der Waals surface area contributed by atoms with Gasteiger partial charge in [0.05, 0.1) is 17.8 Å². The lowest BCUT2D eigenvalue weighted by molar-refractivity contribution is 0.0949. The third-order valence-corrected chi connectivity index (χ3v) is 4.87. The number of aromatic hydroxyl groups is 1. The zero-order valence-electron chi connectivity index (χ0n) is 15.4. The van der Waals surface area contributed by atoms with Gasteiger partial charge in [-0.2, -0.15) is 0 Å². The standard InChI is InChI=1S/C20H21BrN4O3/c1-28-19-7-4-15(12-17(19)21)9-11-25-13-18(23-24-25)20(27)22-10-8-14-2-5-16(26)6-3-14/h2-7,12-13,26H,8-11H2,1H3,(H,22,27). The number of methoxy groups -OCH3 is 1. The molecule has 0 saturated carbocycles. The molecule has 3 rings (SSSR count). The van der Waals surface area contributed by atoms with Crippen molar-refractivity contribution in [2.45, 2.75) is 19.4 Å². The normalized spacial score (nSPS) is 10.6. The van der Waals surface area contributed by atoms with Crippen LogP contribution in [0.1, 0.15) is 21.6 Å². The number of carbonyl (C=O) groups is 1. The van der Waals surface area contributed by atoms with Gasteiger partial charge in [0.25, 0.3) is 5.91 Å². The molecule has 0 atom stereocenters. The highest BCUT2D eigenvalue weighted by atomic mass is 79.9. The average Bonchev–Trinajstić information content (AvgIpc) is 3.17. The van der Waals surface area contributed by atoms with Gasteiger partial charge in [-0.25, -0.2) is 0 Å². The summed E-state index contributed by atoms with van der Waals surface area (Å²) < 4.78 is 7.79. The minimum absolute atomic E-state index is 0.228. The van der Waals surface area contributed by atoms with Crippen LogP contribution in [-0.4, -0.2) is 39.7 Å². The number of nitrogens with one attached hydrogen (secondary N) is 1. The van der Waals surface area contributed by atoms with E-state index in [1.54, 1.807) is 30.1 Å². The van der Waals surface area contributed by atoms with Crippen LogP contribution < -0.4 is 10.1 Å². The van der Waals surface area contributed by atoms with Gasteiger partial charge in [-0.1, -0.05) is 23.4 Å². The van der Waals surface area contributed by atoms with Crippen molar-refractivity contribution in [1.29, 1.82) is 0 Å². The topological polar surface area (TPSA) is 89.3 Å². The van der Waals surface area contributed by atoms with Crippen LogP contribution in [0, 0.1) is 0 Å². The number of ether oxygens (including phenoxy) is 1. The molecule has 146 valence electrons. The van der Waals surface area contributed by atoms with E-state index in [-0.39, 0.29) is 11.7 Å². The van der Waals surface area contributed by atoms with Crippen LogP contribution in [0.25, 0.3) is 0 Å². The number of benzene rings is 2. The zero-order chi connectivity index (χ0) is 19.9. The summed E-state index contributed by atoms with van der Waals surface area (Å²) in [5.41, 5.74) is 2.46. The second kappa shape index (κ2) is 9.36. The van der Waals surface area contributed by atoms with E-state index in [2.05, 4.69) is 31.6 Å². The molecular weight excluding hydrogens is 424 g/mol. The van der Waals surface area contributed by atoms with Crippen LogP contribution >= 0.6 is 15.9 Å². The fourth-order valence-electron chi connectivity index (χ4n) is 2.69. The Hall–Kier alpha value is -2.87. The summed E-state index contributed by atoms with van der Waals surface area (Å²) in [7, 11) is 1.63.